The average molecular weight is 210 g/mol. The van der Waals surface area contributed by atoms with Gasteiger partial charge in [0.2, 0.25) is 4.87 Å². The molecule has 0 saturated heterocycles. The summed E-state index contributed by atoms with van der Waals surface area (Å²) in [4.78, 5) is 14.3. The van der Waals surface area contributed by atoms with Gasteiger partial charge in [0.1, 0.15) is 0 Å². The molecule has 72 valence electrons. The topological polar surface area (TPSA) is 38.7 Å². The van der Waals surface area contributed by atoms with E-state index in [1.807, 2.05) is 12.1 Å². The van der Waals surface area contributed by atoms with Gasteiger partial charge in [0.25, 0.3) is 0 Å². The molecule has 1 aliphatic heterocycles. The van der Waals surface area contributed by atoms with E-state index in [4.69, 9.17) is 11.6 Å². The van der Waals surface area contributed by atoms with E-state index >= 15 is 0 Å². The van der Waals surface area contributed by atoms with Crippen molar-refractivity contribution in [2.75, 3.05) is 7.11 Å². The first-order chi connectivity index (χ1) is 6.68. The predicted octanol–water partition coefficient (Wildman–Crippen LogP) is 2.01. The fraction of sp³-hybridized carbons (Fsp3) is 0.200. The van der Waals surface area contributed by atoms with Gasteiger partial charge in [0, 0.05) is 11.8 Å². The number of benzene rings is 1. The highest BCUT2D eigenvalue weighted by Gasteiger charge is 2.42. The summed E-state index contributed by atoms with van der Waals surface area (Å²) in [6.07, 6.45) is 1.41. The number of hydrogen-bond acceptors (Lipinski definition) is 3. The van der Waals surface area contributed by atoms with E-state index < -0.39 is 10.8 Å². The molecule has 0 amide bonds. The van der Waals surface area contributed by atoms with Crippen molar-refractivity contribution in [2.24, 2.45) is 4.99 Å². The van der Waals surface area contributed by atoms with E-state index in [2.05, 4.69) is 9.73 Å². The minimum Gasteiger partial charge on any atom is -0.467 e. The molecule has 0 aromatic heterocycles. The number of carbonyl (C=O) groups is 1. The Hall–Kier alpha value is -1.35. The van der Waals surface area contributed by atoms with Gasteiger partial charge in [-0.3, -0.25) is 4.99 Å². The summed E-state index contributed by atoms with van der Waals surface area (Å²) in [5.74, 6) is -0.507. The van der Waals surface area contributed by atoms with E-state index in [-0.39, 0.29) is 0 Å². The van der Waals surface area contributed by atoms with Gasteiger partial charge in [-0.25, -0.2) is 4.79 Å². The number of esters is 1. The lowest BCUT2D eigenvalue weighted by molar-refractivity contribution is -0.141. The van der Waals surface area contributed by atoms with Gasteiger partial charge in [-0.05, 0) is 6.07 Å². The lowest BCUT2D eigenvalue weighted by Crippen LogP contribution is -2.30. The lowest BCUT2D eigenvalue weighted by Gasteiger charge is -2.16. The van der Waals surface area contributed by atoms with Crippen LogP contribution in [0.15, 0.2) is 29.3 Å². The Balaban J connectivity index is 2.52. The number of alkyl halides is 1. The zero-order valence-electron chi connectivity index (χ0n) is 7.53. The summed E-state index contributed by atoms with van der Waals surface area (Å²) < 4.78 is 4.63. The van der Waals surface area contributed by atoms with Gasteiger partial charge in [-0.1, -0.05) is 29.8 Å². The molecule has 1 atom stereocenters. The summed E-state index contributed by atoms with van der Waals surface area (Å²) >= 11 is 6.13. The standard InChI is InChI=1S/C10H8ClNO2/c1-14-9(13)10(11)6-12-8-5-3-2-4-7(8)10/h2-6H,1H3. The molecular formula is C10H8ClNO2. The lowest BCUT2D eigenvalue weighted by atomic mass is 10.0. The molecule has 0 radical (unpaired) electrons. The molecule has 0 N–H and O–H groups in total. The second kappa shape index (κ2) is 3.10. The van der Waals surface area contributed by atoms with Crippen LogP contribution in [0.2, 0.25) is 0 Å². The van der Waals surface area contributed by atoms with Gasteiger partial charge in [0.15, 0.2) is 0 Å². The molecule has 2 rings (SSSR count). The van der Waals surface area contributed by atoms with Gasteiger partial charge in [0.05, 0.1) is 12.8 Å². The zero-order valence-corrected chi connectivity index (χ0v) is 8.28. The number of ether oxygens (including phenoxy) is 1. The summed E-state index contributed by atoms with van der Waals surface area (Å²) in [6.45, 7) is 0. The third-order valence-electron chi connectivity index (χ3n) is 2.16. The number of carbonyl (C=O) groups excluding carboxylic acids is 1. The Morgan fingerprint density at radius 1 is 1.50 bits per heavy atom. The molecule has 14 heavy (non-hydrogen) atoms. The highest BCUT2D eigenvalue weighted by molar-refractivity contribution is 6.44. The molecule has 1 aromatic carbocycles. The number of methoxy groups -OCH3 is 1. The average Bonchev–Trinajstić information content (AvgIpc) is 2.58. The quantitative estimate of drug-likeness (QED) is 0.524. The fourth-order valence-electron chi connectivity index (χ4n) is 1.43. The number of rotatable bonds is 1. The second-order valence-corrected chi connectivity index (χ2v) is 3.57. The van der Waals surface area contributed by atoms with Gasteiger partial charge < -0.3 is 4.74 Å². The molecule has 1 aromatic rings. The van der Waals surface area contributed by atoms with Crippen LogP contribution in [0.3, 0.4) is 0 Å². The largest absolute Gasteiger partial charge is 0.467 e. The first-order valence-electron chi connectivity index (χ1n) is 4.10. The number of halogens is 1. The van der Waals surface area contributed by atoms with Crippen LogP contribution < -0.4 is 0 Å². The van der Waals surface area contributed by atoms with Crippen molar-refractivity contribution in [3.8, 4) is 0 Å². The van der Waals surface area contributed by atoms with E-state index in [1.54, 1.807) is 12.1 Å². The van der Waals surface area contributed by atoms with Crippen molar-refractivity contribution in [1.29, 1.82) is 0 Å². The molecule has 3 nitrogen and oxygen atoms in total. The molecule has 1 unspecified atom stereocenters. The Morgan fingerprint density at radius 2 is 2.21 bits per heavy atom. The Morgan fingerprint density at radius 3 is 2.93 bits per heavy atom. The predicted molar refractivity (Wildman–Crippen MR) is 54.1 cm³/mol. The third-order valence-corrected chi connectivity index (χ3v) is 2.62. The normalized spacial score (nSPS) is 23.3. The van der Waals surface area contributed by atoms with Gasteiger partial charge >= 0.3 is 5.97 Å². The van der Waals surface area contributed by atoms with Crippen molar-refractivity contribution in [1.82, 2.24) is 0 Å². The van der Waals surface area contributed by atoms with Gasteiger partial charge in [-0.2, -0.15) is 0 Å². The van der Waals surface area contributed by atoms with Crippen molar-refractivity contribution in [2.45, 2.75) is 4.87 Å². The molecule has 0 aliphatic carbocycles. The van der Waals surface area contributed by atoms with E-state index in [1.165, 1.54) is 13.3 Å². The van der Waals surface area contributed by atoms with Crippen LogP contribution in [-0.2, 0) is 14.4 Å². The van der Waals surface area contributed by atoms with Crippen molar-refractivity contribution < 1.29 is 9.53 Å². The van der Waals surface area contributed by atoms with Crippen LogP contribution in [0.25, 0.3) is 0 Å². The highest BCUT2D eigenvalue weighted by Crippen LogP contribution is 2.40. The Bertz CT molecular complexity index is 416. The number of aliphatic imine (C=N–C) groups is 1. The SMILES string of the molecule is COC(=O)C1(Cl)C=Nc2ccccc21. The Kier molecular flexibility index (Phi) is 2.04. The number of nitrogens with zero attached hydrogens (tertiary/aromatic N) is 1. The zero-order chi connectivity index (χ0) is 10.2. The molecule has 0 saturated carbocycles. The molecular weight excluding hydrogens is 202 g/mol. The van der Waals surface area contributed by atoms with Crippen LogP contribution in [-0.4, -0.2) is 19.3 Å². The summed E-state index contributed by atoms with van der Waals surface area (Å²) in [5, 5.41) is 0. The van der Waals surface area contributed by atoms with Crippen LogP contribution in [0.1, 0.15) is 5.56 Å². The summed E-state index contributed by atoms with van der Waals surface area (Å²) in [6, 6.07) is 7.23. The van der Waals surface area contributed by atoms with Crippen molar-refractivity contribution in [3.05, 3.63) is 29.8 Å². The third kappa shape index (κ3) is 1.13. The summed E-state index contributed by atoms with van der Waals surface area (Å²) in [7, 11) is 1.31. The summed E-state index contributed by atoms with van der Waals surface area (Å²) in [5.41, 5.74) is 1.39. The molecule has 1 aliphatic rings. The first kappa shape index (κ1) is 9.21. The minimum atomic E-state index is -1.24. The fourth-order valence-corrected chi connectivity index (χ4v) is 1.72. The molecule has 1 heterocycles. The number of para-hydroxylation sites is 1. The maximum absolute atomic E-state index is 11.5. The van der Waals surface area contributed by atoms with E-state index in [0.717, 1.165) is 0 Å². The van der Waals surface area contributed by atoms with Crippen molar-refractivity contribution in [3.63, 3.8) is 0 Å². The molecule has 0 fully saturated rings. The van der Waals surface area contributed by atoms with E-state index in [9.17, 15) is 4.79 Å². The molecule has 0 bridgehead atoms. The first-order valence-corrected chi connectivity index (χ1v) is 4.48. The van der Waals surface area contributed by atoms with E-state index in [0.29, 0.717) is 11.3 Å². The molecule has 0 spiro atoms. The maximum atomic E-state index is 11.5. The van der Waals surface area contributed by atoms with Crippen LogP contribution >= 0.6 is 11.6 Å². The monoisotopic (exact) mass is 209 g/mol. The number of fused-ring (bicyclic) bond motifs is 1. The minimum absolute atomic E-state index is 0.507. The highest BCUT2D eigenvalue weighted by atomic mass is 35.5. The Labute approximate surface area is 86.4 Å². The van der Waals surface area contributed by atoms with Crippen LogP contribution in [0.4, 0.5) is 5.69 Å². The maximum Gasteiger partial charge on any atom is 0.337 e. The number of hydrogen-bond donors (Lipinski definition) is 0. The smallest absolute Gasteiger partial charge is 0.337 e. The van der Waals surface area contributed by atoms with Crippen molar-refractivity contribution >= 4 is 29.5 Å². The van der Waals surface area contributed by atoms with Gasteiger partial charge in [-0.15, -0.1) is 0 Å². The van der Waals surface area contributed by atoms with Crippen LogP contribution in [0.5, 0.6) is 0 Å². The molecule has 4 heteroatoms. The second-order valence-electron chi connectivity index (χ2n) is 2.98. The van der Waals surface area contributed by atoms with Crippen LogP contribution in [0, 0.1) is 0 Å².